The summed E-state index contributed by atoms with van der Waals surface area (Å²) in [6.45, 7) is 6.37. The van der Waals surface area contributed by atoms with E-state index in [1.165, 1.54) is 4.90 Å². The first-order chi connectivity index (χ1) is 23.2. The molecule has 0 saturated heterocycles. The van der Waals surface area contributed by atoms with Gasteiger partial charge < -0.3 is 14.8 Å². The highest BCUT2D eigenvalue weighted by atomic mass is 16.3. The first kappa shape index (κ1) is 31.0. The smallest absolute Gasteiger partial charge is 0.259 e. The molecule has 2 heterocycles. The minimum absolute atomic E-state index is 0.118. The first-order valence-corrected chi connectivity index (χ1v) is 16.0. The Morgan fingerprint density at radius 1 is 0.917 bits per heavy atom. The van der Waals surface area contributed by atoms with E-state index >= 15 is 0 Å². The van der Waals surface area contributed by atoms with Crippen molar-refractivity contribution in [1.82, 2.24) is 15.3 Å². The third-order valence-corrected chi connectivity index (χ3v) is 8.89. The summed E-state index contributed by atoms with van der Waals surface area (Å²) in [5.41, 5.74) is 6.09. The van der Waals surface area contributed by atoms with Gasteiger partial charge in [-0.2, -0.15) is 0 Å². The molecule has 3 atom stereocenters. The van der Waals surface area contributed by atoms with E-state index in [9.17, 15) is 14.7 Å². The number of nitrogens with one attached hydrogen (secondary N) is 1. The molecular weight excluding hydrogens is 600 g/mol. The topological polar surface area (TPSA) is 109 Å². The molecule has 8 nitrogen and oxygen atoms in total. The lowest BCUT2D eigenvalue weighted by molar-refractivity contribution is -0.124. The van der Waals surface area contributed by atoms with E-state index in [0.29, 0.717) is 40.2 Å². The maximum Gasteiger partial charge on any atom is 0.259 e. The summed E-state index contributed by atoms with van der Waals surface area (Å²) < 4.78 is 6.11. The standard InChI is InChI=1S/C40H36N4O4/c1-40(2,3)29-16-18-30(19-17-29)44(39(47)27-15-20-32-34(23-27)48-38(42-32)25-10-5-4-6-11-25)36(28-13-9-21-41-24-28)37(46)43-35-31-14-8-7-12-26(31)22-33(35)45/h4-21,23-24,33,35-36,45H,22H2,1-3H3,(H,43,46)/t33-,35+,36?/m1/s1. The third kappa shape index (κ3) is 5.98. The molecule has 6 aromatic rings. The molecule has 0 fully saturated rings. The molecule has 0 saturated carbocycles. The van der Waals surface area contributed by atoms with Crippen molar-refractivity contribution in [2.45, 2.75) is 50.8 Å². The van der Waals surface area contributed by atoms with Crippen LogP contribution in [0.15, 0.2) is 126 Å². The summed E-state index contributed by atoms with van der Waals surface area (Å²) in [7, 11) is 0. The molecule has 1 aliphatic rings. The van der Waals surface area contributed by atoms with Gasteiger partial charge in [0.15, 0.2) is 5.58 Å². The van der Waals surface area contributed by atoms with Gasteiger partial charge in [0.1, 0.15) is 11.6 Å². The van der Waals surface area contributed by atoms with Gasteiger partial charge in [-0.15, -0.1) is 0 Å². The number of anilines is 1. The molecule has 8 heteroatoms. The highest BCUT2D eigenvalue weighted by Crippen LogP contribution is 2.36. The van der Waals surface area contributed by atoms with E-state index in [0.717, 1.165) is 22.3 Å². The van der Waals surface area contributed by atoms with E-state index < -0.39 is 30.0 Å². The minimum Gasteiger partial charge on any atom is -0.436 e. The summed E-state index contributed by atoms with van der Waals surface area (Å²) in [6, 6.07) is 31.9. The molecule has 2 N–H and O–H groups in total. The van der Waals surface area contributed by atoms with Gasteiger partial charge in [-0.25, -0.2) is 4.98 Å². The van der Waals surface area contributed by atoms with Crippen LogP contribution in [0.4, 0.5) is 5.69 Å². The second kappa shape index (κ2) is 12.5. The minimum atomic E-state index is -1.11. The maximum atomic E-state index is 14.8. The summed E-state index contributed by atoms with van der Waals surface area (Å²) in [6.07, 6.45) is 2.85. The van der Waals surface area contributed by atoms with Gasteiger partial charge in [0, 0.05) is 41.2 Å². The Balaban J connectivity index is 1.32. The van der Waals surface area contributed by atoms with Gasteiger partial charge >= 0.3 is 0 Å². The number of hydrogen-bond acceptors (Lipinski definition) is 6. The molecule has 1 unspecified atom stereocenters. The van der Waals surface area contributed by atoms with Crippen LogP contribution in [0.3, 0.4) is 0 Å². The molecule has 0 spiro atoms. The number of amides is 2. The zero-order chi connectivity index (χ0) is 33.4. The average Bonchev–Trinajstić information content (AvgIpc) is 3.67. The number of pyridine rings is 1. The van der Waals surface area contributed by atoms with Crippen LogP contribution < -0.4 is 10.2 Å². The van der Waals surface area contributed by atoms with Crippen molar-refractivity contribution in [1.29, 1.82) is 0 Å². The van der Waals surface area contributed by atoms with Gasteiger partial charge in [-0.1, -0.05) is 81.4 Å². The quantitative estimate of drug-likeness (QED) is 0.190. The molecule has 0 aliphatic heterocycles. The molecule has 48 heavy (non-hydrogen) atoms. The highest BCUT2D eigenvalue weighted by molar-refractivity contribution is 6.11. The first-order valence-electron chi connectivity index (χ1n) is 16.0. The molecule has 1 aliphatic carbocycles. The van der Waals surface area contributed by atoms with Crippen LogP contribution in [-0.2, 0) is 16.6 Å². The molecule has 0 bridgehead atoms. The zero-order valence-electron chi connectivity index (χ0n) is 27.0. The Morgan fingerprint density at radius 2 is 1.67 bits per heavy atom. The number of benzene rings is 4. The lowest BCUT2D eigenvalue weighted by atomic mass is 9.87. The predicted molar refractivity (Wildman–Crippen MR) is 185 cm³/mol. The third-order valence-electron chi connectivity index (χ3n) is 8.89. The Hall–Kier alpha value is -5.60. The largest absolute Gasteiger partial charge is 0.436 e. The molecular formula is C40H36N4O4. The van der Waals surface area contributed by atoms with E-state index in [2.05, 4.69) is 36.1 Å². The lowest BCUT2D eigenvalue weighted by Crippen LogP contribution is -2.46. The molecule has 0 radical (unpaired) electrons. The number of fused-ring (bicyclic) bond motifs is 2. The fourth-order valence-corrected chi connectivity index (χ4v) is 6.34. The number of oxazole rings is 1. The van der Waals surface area contributed by atoms with E-state index in [4.69, 9.17) is 4.42 Å². The van der Waals surface area contributed by atoms with Crippen LogP contribution >= 0.6 is 0 Å². The Labute approximate surface area is 279 Å². The number of rotatable bonds is 7. The predicted octanol–water partition coefficient (Wildman–Crippen LogP) is 7.35. The second-order valence-electron chi connectivity index (χ2n) is 13.2. The number of aliphatic hydroxyl groups excluding tert-OH is 1. The van der Waals surface area contributed by atoms with Crippen molar-refractivity contribution in [3.63, 3.8) is 0 Å². The molecule has 4 aromatic carbocycles. The number of carbonyl (C=O) groups is 2. The van der Waals surface area contributed by atoms with Gasteiger partial charge in [0.05, 0.1) is 12.1 Å². The van der Waals surface area contributed by atoms with Crippen molar-refractivity contribution in [2.24, 2.45) is 0 Å². The van der Waals surface area contributed by atoms with Gasteiger partial charge in [-0.05, 0) is 70.6 Å². The van der Waals surface area contributed by atoms with Crippen LogP contribution in [0.5, 0.6) is 0 Å². The fraction of sp³-hybridized carbons (Fsp3) is 0.200. The number of aromatic nitrogens is 2. The van der Waals surface area contributed by atoms with Crippen LogP contribution in [-0.4, -0.2) is 33.0 Å². The van der Waals surface area contributed by atoms with Crippen LogP contribution in [0.2, 0.25) is 0 Å². The van der Waals surface area contributed by atoms with Crippen molar-refractivity contribution < 1.29 is 19.1 Å². The monoisotopic (exact) mass is 636 g/mol. The van der Waals surface area contributed by atoms with Crippen LogP contribution in [0, 0.1) is 0 Å². The number of hydrogen-bond donors (Lipinski definition) is 2. The maximum absolute atomic E-state index is 14.8. The van der Waals surface area contributed by atoms with Gasteiger partial charge in [0.25, 0.3) is 5.91 Å². The second-order valence-corrected chi connectivity index (χ2v) is 13.2. The number of carbonyl (C=O) groups excluding carboxylic acids is 2. The van der Waals surface area contributed by atoms with Gasteiger partial charge in [-0.3, -0.25) is 19.5 Å². The summed E-state index contributed by atoms with van der Waals surface area (Å²) in [4.78, 5) is 39.7. The average molecular weight is 637 g/mol. The van der Waals surface area contributed by atoms with Crippen LogP contribution in [0.25, 0.3) is 22.6 Å². The van der Waals surface area contributed by atoms with Gasteiger partial charge in [0.2, 0.25) is 11.8 Å². The Bertz CT molecular complexity index is 2090. The normalized spacial score (nSPS) is 16.3. The Morgan fingerprint density at radius 3 is 2.40 bits per heavy atom. The summed E-state index contributed by atoms with van der Waals surface area (Å²) in [5.74, 6) is -0.397. The van der Waals surface area contributed by atoms with Crippen molar-refractivity contribution >= 4 is 28.6 Å². The van der Waals surface area contributed by atoms with Crippen molar-refractivity contribution in [3.8, 4) is 11.5 Å². The lowest BCUT2D eigenvalue weighted by Gasteiger charge is -2.33. The molecule has 240 valence electrons. The van der Waals surface area contributed by atoms with Crippen molar-refractivity contribution in [2.75, 3.05) is 4.90 Å². The molecule has 2 aromatic heterocycles. The number of aliphatic hydroxyl groups is 1. The SMILES string of the molecule is CC(C)(C)c1ccc(N(C(=O)c2ccc3nc(-c4ccccc4)oc3c2)C(C(=O)N[C@H]2c3ccccc3C[C@H]2O)c2cccnc2)cc1. The van der Waals surface area contributed by atoms with Crippen molar-refractivity contribution in [3.05, 3.63) is 149 Å². The van der Waals surface area contributed by atoms with E-state index in [-0.39, 0.29) is 5.41 Å². The fourth-order valence-electron chi connectivity index (χ4n) is 6.34. The van der Waals surface area contributed by atoms with Crippen LogP contribution in [0.1, 0.15) is 65.5 Å². The number of nitrogens with zero attached hydrogens (tertiary/aromatic N) is 3. The van der Waals surface area contributed by atoms with E-state index in [1.54, 1.807) is 42.7 Å². The highest BCUT2D eigenvalue weighted by Gasteiger charge is 2.38. The zero-order valence-corrected chi connectivity index (χ0v) is 27.0. The summed E-state index contributed by atoms with van der Waals surface area (Å²) in [5, 5.41) is 14.1. The molecule has 2 amide bonds. The van der Waals surface area contributed by atoms with E-state index in [1.807, 2.05) is 78.9 Å². The Kier molecular flexibility index (Phi) is 8.11. The molecule has 7 rings (SSSR count). The summed E-state index contributed by atoms with van der Waals surface area (Å²) >= 11 is 0.